The van der Waals surface area contributed by atoms with Crippen LogP contribution in [0.15, 0.2) is 78.2 Å². The number of nitrogens with one attached hydrogen (secondary N) is 2. The fourth-order valence-electron chi connectivity index (χ4n) is 3.60. The van der Waals surface area contributed by atoms with Gasteiger partial charge in [-0.05, 0) is 59.7 Å². The monoisotopic (exact) mass is 482 g/mol. The van der Waals surface area contributed by atoms with Crippen molar-refractivity contribution in [1.29, 1.82) is 0 Å². The summed E-state index contributed by atoms with van der Waals surface area (Å²) in [7, 11) is -3.54. The van der Waals surface area contributed by atoms with E-state index < -0.39 is 10.0 Å². The molecule has 0 aliphatic carbocycles. The average molecular weight is 483 g/mol. The highest BCUT2D eigenvalue weighted by atomic mass is 32.2. The number of sulfonamides is 1. The molecule has 0 radical (unpaired) electrons. The Morgan fingerprint density at radius 1 is 0.909 bits per heavy atom. The maximum absolute atomic E-state index is 13.1. The zero-order valence-electron chi connectivity index (χ0n) is 18.1. The molecule has 0 saturated carbocycles. The third kappa shape index (κ3) is 6.32. The maximum Gasteiger partial charge on any atom is 0.243 e. The van der Waals surface area contributed by atoms with Crippen LogP contribution >= 0.6 is 12.2 Å². The van der Waals surface area contributed by atoms with E-state index in [1.807, 2.05) is 30.5 Å². The molecule has 0 spiro atoms. The summed E-state index contributed by atoms with van der Waals surface area (Å²) in [6, 6.07) is 14.5. The van der Waals surface area contributed by atoms with Gasteiger partial charge in [0.05, 0.1) is 4.90 Å². The molecule has 3 heterocycles. The number of pyridine rings is 2. The van der Waals surface area contributed by atoms with Crippen LogP contribution in [0.1, 0.15) is 11.1 Å². The molecule has 33 heavy (non-hydrogen) atoms. The van der Waals surface area contributed by atoms with Gasteiger partial charge in [-0.1, -0.05) is 12.1 Å². The Bertz CT molecular complexity index is 1150. The minimum absolute atomic E-state index is 0.281. The molecule has 1 aliphatic heterocycles. The molecule has 172 valence electrons. The van der Waals surface area contributed by atoms with Crippen LogP contribution in [-0.2, 0) is 23.1 Å². The van der Waals surface area contributed by atoms with Gasteiger partial charge < -0.3 is 10.6 Å². The number of benzene rings is 1. The fraction of sp³-hybridized carbons (Fsp3) is 0.261. The zero-order chi connectivity index (χ0) is 23.1. The lowest BCUT2D eigenvalue weighted by Crippen LogP contribution is -2.48. The van der Waals surface area contributed by atoms with Crippen molar-refractivity contribution in [3.8, 4) is 0 Å². The Hall–Kier alpha value is -2.92. The van der Waals surface area contributed by atoms with Crippen molar-refractivity contribution in [3.63, 3.8) is 0 Å². The number of thiocarbonyl (C=S) groups is 1. The molecule has 1 aromatic carbocycles. The van der Waals surface area contributed by atoms with Crippen molar-refractivity contribution < 1.29 is 8.42 Å². The second-order valence-electron chi connectivity index (χ2n) is 7.73. The third-order valence-corrected chi connectivity index (χ3v) is 7.55. The molecule has 2 aromatic heterocycles. The highest BCUT2D eigenvalue weighted by Gasteiger charge is 2.28. The average Bonchev–Trinajstić information content (AvgIpc) is 2.85. The lowest BCUT2D eigenvalue weighted by Gasteiger charge is -2.34. The van der Waals surface area contributed by atoms with E-state index in [0.717, 1.165) is 23.4 Å². The van der Waals surface area contributed by atoms with E-state index >= 15 is 0 Å². The van der Waals surface area contributed by atoms with E-state index in [4.69, 9.17) is 12.2 Å². The van der Waals surface area contributed by atoms with Crippen molar-refractivity contribution in [1.82, 2.24) is 24.5 Å². The van der Waals surface area contributed by atoms with E-state index in [0.29, 0.717) is 37.8 Å². The topological polar surface area (TPSA) is 90.5 Å². The van der Waals surface area contributed by atoms with Crippen LogP contribution in [-0.4, -0.2) is 58.9 Å². The smallest absolute Gasteiger partial charge is 0.243 e. The molecule has 4 rings (SSSR count). The lowest BCUT2D eigenvalue weighted by atomic mass is 10.2. The highest BCUT2D eigenvalue weighted by Crippen LogP contribution is 2.20. The van der Waals surface area contributed by atoms with Crippen LogP contribution in [0.5, 0.6) is 0 Å². The Morgan fingerprint density at radius 2 is 1.55 bits per heavy atom. The van der Waals surface area contributed by atoms with E-state index in [2.05, 4.69) is 25.5 Å². The van der Waals surface area contributed by atoms with Gasteiger partial charge in [-0.15, -0.1) is 0 Å². The summed E-state index contributed by atoms with van der Waals surface area (Å²) in [6.45, 7) is 3.63. The van der Waals surface area contributed by atoms with Crippen LogP contribution in [0.3, 0.4) is 0 Å². The normalized spacial score (nSPS) is 15.2. The highest BCUT2D eigenvalue weighted by molar-refractivity contribution is 7.89. The number of aromatic nitrogens is 2. The molecule has 10 heteroatoms. The van der Waals surface area contributed by atoms with Crippen LogP contribution in [0.2, 0.25) is 0 Å². The second-order valence-corrected chi connectivity index (χ2v) is 10.1. The molecule has 0 bridgehead atoms. The summed E-state index contributed by atoms with van der Waals surface area (Å²) >= 11 is 5.32. The molecule has 0 amide bonds. The lowest BCUT2D eigenvalue weighted by molar-refractivity contribution is 0.181. The summed E-state index contributed by atoms with van der Waals surface area (Å²) in [6.07, 6.45) is 7.09. The zero-order valence-corrected chi connectivity index (χ0v) is 19.7. The van der Waals surface area contributed by atoms with Crippen molar-refractivity contribution >= 4 is 33.0 Å². The summed E-state index contributed by atoms with van der Waals surface area (Å²) in [5, 5.41) is 6.65. The molecular weight excluding hydrogens is 456 g/mol. The SMILES string of the molecule is O=S(=O)(c1ccc(NC(=S)NCc2cccnc2)cc1)N1CCN(Cc2cccnc2)CC1. The molecule has 0 unspecified atom stereocenters. The first-order valence-corrected chi connectivity index (χ1v) is 12.5. The Balaban J connectivity index is 1.29. The molecule has 2 N–H and O–H groups in total. The minimum Gasteiger partial charge on any atom is -0.358 e. The van der Waals surface area contributed by atoms with Gasteiger partial charge in [0.1, 0.15) is 0 Å². The van der Waals surface area contributed by atoms with E-state index in [-0.39, 0.29) is 4.90 Å². The molecule has 1 fully saturated rings. The Morgan fingerprint density at radius 3 is 2.15 bits per heavy atom. The third-order valence-electron chi connectivity index (χ3n) is 5.39. The van der Waals surface area contributed by atoms with E-state index in [1.54, 1.807) is 47.2 Å². The predicted molar refractivity (Wildman–Crippen MR) is 132 cm³/mol. The molecular formula is C23H26N6O2S2. The van der Waals surface area contributed by atoms with E-state index in [9.17, 15) is 8.42 Å². The first-order valence-electron chi connectivity index (χ1n) is 10.7. The van der Waals surface area contributed by atoms with Crippen LogP contribution in [0.25, 0.3) is 0 Å². The van der Waals surface area contributed by atoms with Gasteiger partial charge in [0.15, 0.2) is 5.11 Å². The van der Waals surface area contributed by atoms with Gasteiger partial charge in [0.25, 0.3) is 0 Å². The van der Waals surface area contributed by atoms with Gasteiger partial charge in [-0.3, -0.25) is 14.9 Å². The molecule has 3 aromatic rings. The molecule has 0 atom stereocenters. The van der Waals surface area contributed by atoms with Crippen molar-refractivity contribution in [2.24, 2.45) is 0 Å². The number of rotatable bonds is 7. The minimum atomic E-state index is -3.54. The summed E-state index contributed by atoms with van der Waals surface area (Å²) in [5.41, 5.74) is 2.87. The van der Waals surface area contributed by atoms with Gasteiger partial charge in [-0.25, -0.2) is 8.42 Å². The van der Waals surface area contributed by atoms with Gasteiger partial charge in [-0.2, -0.15) is 4.31 Å². The molecule has 8 nitrogen and oxygen atoms in total. The van der Waals surface area contributed by atoms with Gasteiger partial charge >= 0.3 is 0 Å². The number of hydrogen-bond acceptors (Lipinski definition) is 6. The number of anilines is 1. The first-order chi connectivity index (χ1) is 16.0. The fourth-order valence-corrected chi connectivity index (χ4v) is 5.21. The predicted octanol–water partition coefficient (Wildman–Crippen LogP) is 2.47. The van der Waals surface area contributed by atoms with Crippen LogP contribution < -0.4 is 10.6 Å². The Labute approximate surface area is 199 Å². The largest absolute Gasteiger partial charge is 0.358 e. The second kappa shape index (κ2) is 10.8. The summed E-state index contributed by atoms with van der Waals surface area (Å²) in [5.74, 6) is 0. The van der Waals surface area contributed by atoms with E-state index in [1.165, 1.54) is 0 Å². The molecule has 1 saturated heterocycles. The number of nitrogens with zero attached hydrogens (tertiary/aromatic N) is 4. The van der Waals surface area contributed by atoms with Gasteiger partial charge in [0, 0.05) is 69.7 Å². The van der Waals surface area contributed by atoms with Crippen LogP contribution in [0.4, 0.5) is 5.69 Å². The maximum atomic E-state index is 13.1. The first kappa shape index (κ1) is 23.2. The molecule has 1 aliphatic rings. The standard InChI is InChI=1S/C23H26N6O2S2/c30-33(31,29-13-11-28(12-14-29)18-20-4-2-10-25-16-20)22-7-5-21(6-8-22)27-23(32)26-17-19-3-1-9-24-15-19/h1-10,15-16H,11-14,17-18H2,(H2,26,27,32). The van der Waals surface area contributed by atoms with Crippen molar-refractivity contribution in [2.75, 3.05) is 31.5 Å². The van der Waals surface area contributed by atoms with Crippen molar-refractivity contribution in [2.45, 2.75) is 18.0 Å². The Kier molecular flexibility index (Phi) is 7.61. The van der Waals surface area contributed by atoms with Crippen molar-refractivity contribution in [3.05, 3.63) is 84.4 Å². The number of hydrogen-bond donors (Lipinski definition) is 2. The summed E-state index contributed by atoms with van der Waals surface area (Å²) in [4.78, 5) is 10.7. The van der Waals surface area contributed by atoms with Crippen LogP contribution in [0, 0.1) is 0 Å². The quantitative estimate of drug-likeness (QED) is 0.497. The number of piperazine rings is 1. The van der Waals surface area contributed by atoms with Gasteiger partial charge in [0.2, 0.25) is 10.0 Å². The summed E-state index contributed by atoms with van der Waals surface area (Å²) < 4.78 is 27.7.